The summed E-state index contributed by atoms with van der Waals surface area (Å²) >= 11 is 0. The molecule has 0 atom stereocenters. The largest absolute Gasteiger partial charge is 0.415 e. The summed E-state index contributed by atoms with van der Waals surface area (Å²) in [5.74, 6) is 0. The fourth-order valence-electron chi connectivity index (χ4n) is 1.04. The van der Waals surface area contributed by atoms with Crippen LogP contribution < -0.4 is 5.46 Å². The summed E-state index contributed by atoms with van der Waals surface area (Å²) in [5, 5.41) is 0. The lowest BCUT2D eigenvalue weighted by Gasteiger charge is -2.10. The summed E-state index contributed by atoms with van der Waals surface area (Å²) in [5.41, 5.74) is 0.364. The predicted molar refractivity (Wildman–Crippen MR) is 44.4 cm³/mol. The zero-order valence-electron chi connectivity index (χ0n) is 6.87. The molecule has 0 aromatic heterocycles. The highest BCUT2D eigenvalue weighted by atomic mass is 19.4. The summed E-state index contributed by atoms with van der Waals surface area (Å²) in [6.07, 6.45) is -4.23. The van der Waals surface area contributed by atoms with Crippen molar-refractivity contribution in [2.45, 2.75) is 13.1 Å². The second-order valence-electron chi connectivity index (χ2n) is 2.82. The van der Waals surface area contributed by atoms with Crippen molar-refractivity contribution in [3.63, 3.8) is 0 Å². The molecule has 0 heterocycles. The van der Waals surface area contributed by atoms with Gasteiger partial charge >= 0.3 is 6.18 Å². The normalized spacial score (nSPS) is 11.7. The maximum Gasteiger partial charge on any atom is 0.415 e. The first-order valence-corrected chi connectivity index (χ1v) is 3.55. The highest BCUT2D eigenvalue weighted by Crippen LogP contribution is 2.27. The predicted octanol–water partition coefficient (Wildman–Crippen LogP) is 1.27. The molecule has 0 spiro atoms. The Labute approximate surface area is 69.8 Å². The van der Waals surface area contributed by atoms with Crippen LogP contribution in [0, 0.1) is 6.92 Å². The van der Waals surface area contributed by atoms with E-state index in [1.54, 1.807) is 13.0 Å². The monoisotopic (exact) mass is 172 g/mol. The second kappa shape index (κ2) is 2.85. The summed E-state index contributed by atoms with van der Waals surface area (Å²) < 4.78 is 36.7. The third-order valence-electron chi connectivity index (χ3n) is 1.70. The van der Waals surface area contributed by atoms with Crippen LogP contribution in [-0.4, -0.2) is 7.85 Å². The highest BCUT2D eigenvalue weighted by molar-refractivity contribution is 6.33. The topological polar surface area (TPSA) is 0 Å². The summed E-state index contributed by atoms with van der Waals surface area (Å²) in [7, 11) is 1.46. The van der Waals surface area contributed by atoms with Crippen LogP contribution in [0.3, 0.4) is 0 Å². The zero-order valence-corrected chi connectivity index (χ0v) is 6.87. The maximum atomic E-state index is 12.2. The summed E-state index contributed by atoms with van der Waals surface area (Å²) in [6, 6.07) is 4.32. The van der Waals surface area contributed by atoms with E-state index in [1.807, 2.05) is 0 Å². The minimum atomic E-state index is -4.23. The molecule has 1 aromatic carbocycles. The van der Waals surface area contributed by atoms with Crippen molar-refractivity contribution in [3.8, 4) is 0 Å². The number of benzene rings is 1. The molecular weight excluding hydrogens is 164 g/mol. The molecule has 0 N–H and O–H groups in total. The molecule has 0 aliphatic rings. The zero-order chi connectivity index (χ0) is 9.35. The average Bonchev–Trinajstić information content (AvgIpc) is 1.92. The van der Waals surface area contributed by atoms with Crippen LogP contribution in [0.1, 0.15) is 11.1 Å². The average molecular weight is 172 g/mol. The maximum absolute atomic E-state index is 12.2. The number of rotatable bonds is 0. The van der Waals surface area contributed by atoms with Crippen LogP contribution in [0.2, 0.25) is 0 Å². The molecule has 1 rings (SSSR count). The number of aryl methyl sites for hydroxylation is 1. The van der Waals surface area contributed by atoms with Gasteiger partial charge in [-0.25, -0.2) is 0 Å². The Hall–Kier alpha value is -0.925. The first kappa shape index (κ1) is 9.17. The lowest BCUT2D eigenvalue weighted by Crippen LogP contribution is -2.19. The third-order valence-corrected chi connectivity index (χ3v) is 1.70. The van der Waals surface area contributed by atoms with Crippen LogP contribution in [0.15, 0.2) is 18.2 Å². The molecule has 0 amide bonds. The Morgan fingerprint density at radius 2 is 1.83 bits per heavy atom. The molecule has 0 saturated carbocycles. The Kier molecular flexibility index (Phi) is 2.17. The quantitative estimate of drug-likeness (QED) is 0.517. The van der Waals surface area contributed by atoms with Gasteiger partial charge in [-0.15, -0.1) is 0 Å². The molecule has 12 heavy (non-hydrogen) atoms. The van der Waals surface area contributed by atoms with Crippen LogP contribution in [0.25, 0.3) is 0 Å². The van der Waals surface area contributed by atoms with Gasteiger partial charge in [-0.05, 0) is 13.0 Å². The number of halogens is 3. The van der Waals surface area contributed by atoms with Gasteiger partial charge in [-0.2, -0.15) is 13.2 Å². The number of hydrogen-bond acceptors (Lipinski definition) is 0. The molecule has 0 bridgehead atoms. The van der Waals surface area contributed by atoms with Gasteiger partial charge in [0.1, 0.15) is 7.85 Å². The van der Waals surface area contributed by atoms with Crippen molar-refractivity contribution in [1.29, 1.82) is 0 Å². The number of alkyl halides is 3. The van der Waals surface area contributed by atoms with Gasteiger partial charge in [0, 0.05) is 5.56 Å². The van der Waals surface area contributed by atoms with Crippen LogP contribution in [0.4, 0.5) is 13.2 Å². The van der Waals surface area contributed by atoms with Gasteiger partial charge < -0.3 is 0 Å². The fourth-order valence-corrected chi connectivity index (χ4v) is 1.04. The molecule has 1 aromatic rings. The van der Waals surface area contributed by atoms with E-state index >= 15 is 0 Å². The molecule has 0 aliphatic heterocycles. The van der Waals surface area contributed by atoms with E-state index in [-0.39, 0.29) is 5.46 Å². The third kappa shape index (κ3) is 1.81. The van der Waals surface area contributed by atoms with Gasteiger partial charge in [0.15, 0.2) is 0 Å². The van der Waals surface area contributed by atoms with E-state index in [2.05, 4.69) is 0 Å². The molecule has 0 fully saturated rings. The van der Waals surface area contributed by atoms with Crippen molar-refractivity contribution in [3.05, 3.63) is 29.3 Å². The van der Waals surface area contributed by atoms with Crippen LogP contribution in [0.5, 0.6) is 0 Å². The van der Waals surface area contributed by atoms with Crippen LogP contribution >= 0.6 is 0 Å². The van der Waals surface area contributed by atoms with E-state index in [0.29, 0.717) is 5.56 Å². The van der Waals surface area contributed by atoms with E-state index in [0.717, 1.165) is 6.07 Å². The Balaban J connectivity index is 3.23. The molecular formula is C8H8BF3. The molecule has 0 nitrogen and oxygen atoms in total. The summed E-state index contributed by atoms with van der Waals surface area (Å²) in [6.45, 7) is 1.65. The van der Waals surface area contributed by atoms with Gasteiger partial charge in [0.05, 0.1) is 0 Å². The first-order chi connectivity index (χ1) is 5.41. The number of hydrogen-bond donors (Lipinski definition) is 0. The lowest BCUT2D eigenvalue weighted by molar-refractivity contribution is -0.136. The molecule has 0 saturated heterocycles. The Bertz CT molecular complexity index is 291. The van der Waals surface area contributed by atoms with Gasteiger partial charge in [0.2, 0.25) is 0 Å². The van der Waals surface area contributed by atoms with Crippen molar-refractivity contribution < 1.29 is 13.2 Å². The molecule has 0 radical (unpaired) electrons. The van der Waals surface area contributed by atoms with E-state index in [9.17, 15) is 13.2 Å². The van der Waals surface area contributed by atoms with Gasteiger partial charge in [-0.1, -0.05) is 23.2 Å². The van der Waals surface area contributed by atoms with Crippen molar-refractivity contribution in [2.24, 2.45) is 0 Å². The second-order valence-corrected chi connectivity index (χ2v) is 2.82. The summed E-state index contributed by atoms with van der Waals surface area (Å²) in [4.78, 5) is 0. The van der Waals surface area contributed by atoms with Crippen molar-refractivity contribution in [2.75, 3.05) is 0 Å². The van der Waals surface area contributed by atoms with Crippen molar-refractivity contribution in [1.82, 2.24) is 0 Å². The Morgan fingerprint density at radius 3 is 2.25 bits per heavy atom. The minimum absolute atomic E-state index is 0.271. The fraction of sp³-hybridized carbons (Fsp3) is 0.250. The van der Waals surface area contributed by atoms with E-state index in [4.69, 9.17) is 0 Å². The van der Waals surface area contributed by atoms with E-state index < -0.39 is 11.7 Å². The highest BCUT2D eigenvalue weighted by Gasteiger charge is 2.31. The molecule has 0 aliphatic carbocycles. The van der Waals surface area contributed by atoms with Gasteiger partial charge in [-0.3, -0.25) is 0 Å². The van der Waals surface area contributed by atoms with Crippen LogP contribution in [-0.2, 0) is 6.18 Å². The molecule has 4 heteroatoms. The Morgan fingerprint density at radius 1 is 1.25 bits per heavy atom. The SMILES string of the molecule is Bc1ccc(C)cc1C(F)(F)F. The van der Waals surface area contributed by atoms with Crippen molar-refractivity contribution >= 4 is 13.3 Å². The molecule has 0 unspecified atom stereocenters. The first-order valence-electron chi connectivity index (χ1n) is 3.55. The smallest absolute Gasteiger partial charge is 0.166 e. The lowest BCUT2D eigenvalue weighted by atomic mass is 9.89. The standard InChI is InChI=1S/C8H8BF3/c1-5-2-3-7(9)6(4-5)8(10,11)12/h2-4H,9H2,1H3. The van der Waals surface area contributed by atoms with Gasteiger partial charge in [0.25, 0.3) is 0 Å². The minimum Gasteiger partial charge on any atom is -0.166 e. The van der Waals surface area contributed by atoms with E-state index in [1.165, 1.54) is 13.9 Å². The molecule has 64 valence electrons.